The van der Waals surface area contributed by atoms with Crippen LogP contribution in [0.15, 0.2) is 0 Å². The molecular weight excluding hydrogens is 156 g/mol. The fourth-order valence-corrected chi connectivity index (χ4v) is 0.991. The third-order valence-electron chi connectivity index (χ3n) is 2.07. The fraction of sp³-hybridized carbons (Fsp3) is 1.00. The zero-order chi connectivity index (χ0) is 9.89. The van der Waals surface area contributed by atoms with Gasteiger partial charge in [0.25, 0.3) is 0 Å². The van der Waals surface area contributed by atoms with E-state index in [1.165, 1.54) is 0 Å². The molecule has 0 fully saturated rings. The Morgan fingerprint density at radius 1 is 0.583 bits per heavy atom. The number of hydrogen-bond acceptors (Lipinski definition) is 3. The molecule has 0 unspecified atom stereocenters. The first kappa shape index (κ1) is 11.9. The van der Waals surface area contributed by atoms with E-state index < -0.39 is 18.3 Å². The van der Waals surface area contributed by atoms with Crippen molar-refractivity contribution in [2.24, 2.45) is 11.8 Å². The van der Waals surface area contributed by atoms with Gasteiger partial charge in [0.15, 0.2) is 0 Å². The van der Waals surface area contributed by atoms with Crippen molar-refractivity contribution in [2.75, 3.05) is 0 Å². The quantitative estimate of drug-likeness (QED) is 0.580. The van der Waals surface area contributed by atoms with Crippen molar-refractivity contribution in [3.63, 3.8) is 0 Å². The van der Waals surface area contributed by atoms with E-state index in [9.17, 15) is 15.3 Å². The molecule has 0 aliphatic heterocycles. The second-order valence-electron chi connectivity index (χ2n) is 3.96. The topological polar surface area (TPSA) is 60.7 Å². The van der Waals surface area contributed by atoms with Gasteiger partial charge in [0.2, 0.25) is 0 Å². The SMILES string of the molecule is CC(C)[C@@H](O)[C@H](O)[C@@H](O)C(C)C. The van der Waals surface area contributed by atoms with Crippen molar-refractivity contribution < 1.29 is 15.3 Å². The molecule has 0 aromatic rings. The summed E-state index contributed by atoms with van der Waals surface area (Å²) in [7, 11) is 0. The van der Waals surface area contributed by atoms with Crippen molar-refractivity contribution in [2.45, 2.75) is 46.0 Å². The van der Waals surface area contributed by atoms with Gasteiger partial charge >= 0.3 is 0 Å². The Hall–Kier alpha value is -0.120. The van der Waals surface area contributed by atoms with Gasteiger partial charge in [-0.25, -0.2) is 0 Å². The average molecular weight is 176 g/mol. The van der Waals surface area contributed by atoms with Gasteiger partial charge in [0.05, 0.1) is 12.2 Å². The summed E-state index contributed by atoms with van der Waals surface area (Å²) in [6.07, 6.45) is -2.73. The third-order valence-corrected chi connectivity index (χ3v) is 2.07. The van der Waals surface area contributed by atoms with Crippen LogP contribution in [0, 0.1) is 11.8 Å². The molecule has 0 aromatic heterocycles. The maximum absolute atomic E-state index is 9.43. The van der Waals surface area contributed by atoms with E-state index in [-0.39, 0.29) is 11.8 Å². The van der Waals surface area contributed by atoms with Crippen LogP contribution < -0.4 is 0 Å². The summed E-state index contributed by atoms with van der Waals surface area (Å²) in [6.45, 7) is 7.23. The summed E-state index contributed by atoms with van der Waals surface area (Å²) < 4.78 is 0. The molecule has 0 saturated carbocycles. The first-order chi connectivity index (χ1) is 5.37. The van der Waals surface area contributed by atoms with Gasteiger partial charge in [0, 0.05) is 0 Å². The van der Waals surface area contributed by atoms with E-state index in [0.717, 1.165) is 0 Å². The van der Waals surface area contributed by atoms with Crippen LogP contribution in [-0.4, -0.2) is 33.6 Å². The Labute approximate surface area is 74.0 Å². The van der Waals surface area contributed by atoms with Gasteiger partial charge in [-0.15, -0.1) is 0 Å². The van der Waals surface area contributed by atoms with Crippen molar-refractivity contribution in [1.29, 1.82) is 0 Å². The van der Waals surface area contributed by atoms with Gasteiger partial charge in [-0.1, -0.05) is 27.7 Å². The standard InChI is InChI=1S/C9H20O3/c1-5(2)7(10)9(12)8(11)6(3)4/h5-12H,1-4H3/t7-,8+,9+. The Bertz CT molecular complexity index is 109. The minimum Gasteiger partial charge on any atom is -0.390 e. The van der Waals surface area contributed by atoms with E-state index >= 15 is 0 Å². The lowest BCUT2D eigenvalue weighted by atomic mass is 9.92. The summed E-state index contributed by atoms with van der Waals surface area (Å²) in [5.41, 5.74) is 0. The van der Waals surface area contributed by atoms with E-state index in [0.29, 0.717) is 0 Å². The zero-order valence-corrected chi connectivity index (χ0v) is 8.23. The molecule has 12 heavy (non-hydrogen) atoms. The van der Waals surface area contributed by atoms with Crippen molar-refractivity contribution in [3.8, 4) is 0 Å². The predicted molar refractivity (Wildman–Crippen MR) is 47.7 cm³/mol. The van der Waals surface area contributed by atoms with Crippen LogP contribution in [0.3, 0.4) is 0 Å². The molecule has 0 rings (SSSR count). The molecular formula is C9H20O3. The van der Waals surface area contributed by atoms with Crippen LogP contribution in [-0.2, 0) is 0 Å². The molecule has 0 heterocycles. The molecule has 0 bridgehead atoms. The first-order valence-electron chi connectivity index (χ1n) is 4.42. The van der Waals surface area contributed by atoms with E-state index in [1.54, 1.807) is 27.7 Å². The fourth-order valence-electron chi connectivity index (χ4n) is 0.991. The number of aliphatic hydroxyl groups excluding tert-OH is 3. The minimum absolute atomic E-state index is 0.0339. The molecule has 0 amide bonds. The molecule has 74 valence electrons. The Balaban J connectivity index is 4.08. The largest absolute Gasteiger partial charge is 0.390 e. The van der Waals surface area contributed by atoms with E-state index in [1.807, 2.05) is 0 Å². The molecule has 0 saturated heterocycles. The maximum Gasteiger partial charge on any atom is 0.106 e. The second-order valence-corrected chi connectivity index (χ2v) is 3.96. The van der Waals surface area contributed by atoms with Crippen LogP contribution in [0.4, 0.5) is 0 Å². The number of hydrogen-bond donors (Lipinski definition) is 3. The normalized spacial score (nSPS) is 19.8. The van der Waals surface area contributed by atoms with Gasteiger partial charge in [-0.05, 0) is 11.8 Å². The Kier molecular flexibility index (Phi) is 4.75. The number of aliphatic hydroxyl groups is 3. The third kappa shape index (κ3) is 3.09. The molecule has 3 N–H and O–H groups in total. The molecule has 0 aliphatic rings. The summed E-state index contributed by atoms with van der Waals surface area (Å²) in [4.78, 5) is 0. The van der Waals surface area contributed by atoms with Crippen LogP contribution in [0.2, 0.25) is 0 Å². The Morgan fingerprint density at radius 2 is 0.833 bits per heavy atom. The lowest BCUT2D eigenvalue weighted by Crippen LogP contribution is -2.42. The number of rotatable bonds is 4. The second kappa shape index (κ2) is 4.80. The average Bonchev–Trinajstić information content (AvgIpc) is 2.00. The van der Waals surface area contributed by atoms with Crippen LogP contribution in [0.25, 0.3) is 0 Å². The Morgan fingerprint density at radius 3 is 1.00 bits per heavy atom. The maximum atomic E-state index is 9.43. The summed E-state index contributed by atoms with van der Waals surface area (Å²) >= 11 is 0. The van der Waals surface area contributed by atoms with E-state index in [2.05, 4.69) is 0 Å². The molecule has 0 aromatic carbocycles. The highest BCUT2D eigenvalue weighted by Gasteiger charge is 2.28. The van der Waals surface area contributed by atoms with Crippen LogP contribution in [0.1, 0.15) is 27.7 Å². The van der Waals surface area contributed by atoms with Crippen LogP contribution >= 0.6 is 0 Å². The van der Waals surface area contributed by atoms with Gasteiger partial charge in [0.1, 0.15) is 6.10 Å². The van der Waals surface area contributed by atoms with Gasteiger partial charge < -0.3 is 15.3 Å². The molecule has 3 nitrogen and oxygen atoms in total. The summed E-state index contributed by atoms with van der Waals surface area (Å²) in [5.74, 6) is -0.0678. The molecule has 0 radical (unpaired) electrons. The summed E-state index contributed by atoms with van der Waals surface area (Å²) in [6, 6.07) is 0. The minimum atomic E-state index is -1.04. The molecule has 0 aliphatic carbocycles. The highest BCUT2D eigenvalue weighted by Crippen LogP contribution is 2.14. The van der Waals surface area contributed by atoms with Crippen molar-refractivity contribution in [3.05, 3.63) is 0 Å². The lowest BCUT2D eigenvalue weighted by molar-refractivity contribution is -0.0897. The van der Waals surface area contributed by atoms with E-state index in [4.69, 9.17) is 0 Å². The van der Waals surface area contributed by atoms with Crippen molar-refractivity contribution >= 4 is 0 Å². The highest BCUT2D eigenvalue weighted by atomic mass is 16.4. The van der Waals surface area contributed by atoms with Crippen molar-refractivity contribution in [1.82, 2.24) is 0 Å². The lowest BCUT2D eigenvalue weighted by Gasteiger charge is -2.27. The monoisotopic (exact) mass is 176 g/mol. The smallest absolute Gasteiger partial charge is 0.106 e. The summed E-state index contributed by atoms with van der Waals surface area (Å²) in [5, 5.41) is 28.2. The highest BCUT2D eigenvalue weighted by molar-refractivity contribution is 4.78. The van der Waals surface area contributed by atoms with Crippen LogP contribution in [0.5, 0.6) is 0 Å². The first-order valence-corrected chi connectivity index (χ1v) is 4.42. The molecule has 3 heteroatoms. The van der Waals surface area contributed by atoms with Gasteiger partial charge in [-0.2, -0.15) is 0 Å². The molecule has 0 spiro atoms. The molecule has 3 atom stereocenters. The van der Waals surface area contributed by atoms with Gasteiger partial charge in [-0.3, -0.25) is 0 Å². The zero-order valence-electron chi connectivity index (χ0n) is 8.23. The predicted octanol–water partition coefficient (Wildman–Crippen LogP) is 0.381.